The van der Waals surface area contributed by atoms with Crippen molar-refractivity contribution >= 4 is 13.8 Å². The maximum absolute atomic E-state index is 10.4. The molecule has 0 fully saturated rings. The number of hydrogen-bond acceptors (Lipinski definition) is 4. The Morgan fingerprint density at radius 3 is 2.45 bits per heavy atom. The molecule has 0 amide bonds. The predicted molar refractivity (Wildman–Crippen MR) is 34.3 cm³/mol. The molecule has 7 heteroatoms. The van der Waals surface area contributed by atoms with Crippen molar-refractivity contribution in [2.45, 2.75) is 0 Å². The van der Waals surface area contributed by atoms with Gasteiger partial charge in [-0.2, -0.15) is 0 Å². The maximum atomic E-state index is 10.4. The first-order valence-corrected chi connectivity index (χ1v) is 4.13. The number of phosphoric ester groups is 1. The smallest absolute Gasteiger partial charge is 0.422 e. The quantitative estimate of drug-likeness (QED) is 0.346. The van der Waals surface area contributed by atoms with E-state index in [-0.39, 0.29) is 6.61 Å². The third-order valence-electron chi connectivity index (χ3n) is 0.614. The van der Waals surface area contributed by atoms with E-state index in [2.05, 4.69) is 16.2 Å². The molecule has 0 rings (SSSR count). The highest BCUT2D eigenvalue weighted by molar-refractivity contribution is 7.46. The summed E-state index contributed by atoms with van der Waals surface area (Å²) in [4.78, 5) is 26.6. The van der Waals surface area contributed by atoms with E-state index in [0.29, 0.717) is 0 Å². The molecule has 0 unspecified atom stereocenters. The number of hydrogen-bond donors (Lipinski definition) is 2. The lowest BCUT2D eigenvalue weighted by Crippen LogP contribution is -2.11. The Balaban J connectivity index is 3.55. The third kappa shape index (κ3) is 7.35. The summed E-state index contributed by atoms with van der Waals surface area (Å²) in [5.74, 6) is -0.858. The number of ether oxygens (including phenoxy) is 1. The molecule has 0 saturated heterocycles. The molecular weight excluding hydrogens is 175 g/mol. The van der Waals surface area contributed by atoms with Gasteiger partial charge >= 0.3 is 13.8 Å². The summed E-state index contributed by atoms with van der Waals surface area (Å²) in [6, 6.07) is 0. The molecule has 0 aliphatic carbocycles. The van der Waals surface area contributed by atoms with E-state index in [9.17, 15) is 9.36 Å². The Kier molecular flexibility index (Phi) is 4.14. The van der Waals surface area contributed by atoms with Crippen LogP contribution in [-0.2, 0) is 18.6 Å². The topological polar surface area (TPSA) is 93.1 Å². The van der Waals surface area contributed by atoms with Gasteiger partial charge in [0, 0.05) is 0 Å². The van der Waals surface area contributed by atoms with Crippen LogP contribution in [-0.4, -0.2) is 29.0 Å². The monoisotopic (exact) mass is 183 g/mol. The van der Waals surface area contributed by atoms with E-state index >= 15 is 0 Å². The van der Waals surface area contributed by atoms with E-state index in [1.54, 1.807) is 0 Å². The minimum atomic E-state index is -4.56. The molecule has 2 N–H and O–H groups in total. The summed E-state index contributed by atoms with van der Waals surface area (Å²) in [6.07, 6.45) is 0. The van der Waals surface area contributed by atoms with Crippen LogP contribution in [0, 0.1) is 6.92 Å². The molecule has 0 heterocycles. The summed E-state index contributed by atoms with van der Waals surface area (Å²) < 4.78 is 18.0. The van der Waals surface area contributed by atoms with Gasteiger partial charge in [-0.3, -0.25) is 4.52 Å². The van der Waals surface area contributed by atoms with Crippen LogP contribution in [0.1, 0.15) is 0 Å². The standard InChI is InChI=1S/C4H7O6P/c1-2-9-4(5)3-10-11(6,7)8/h1-3H2,(H-,6,7,8)/p+1. The number of carbonyl (C=O) groups excluding carboxylic acids is 1. The molecule has 6 nitrogen and oxygen atoms in total. The summed E-state index contributed by atoms with van der Waals surface area (Å²) in [5, 5.41) is 0. The normalized spacial score (nSPS) is 11.1. The molecule has 0 aromatic rings. The van der Waals surface area contributed by atoms with Gasteiger partial charge in [0.1, 0.15) is 6.92 Å². The van der Waals surface area contributed by atoms with Crippen LogP contribution in [0.2, 0.25) is 0 Å². The minimum Gasteiger partial charge on any atom is -0.422 e. The van der Waals surface area contributed by atoms with Crippen LogP contribution in [0.5, 0.6) is 0 Å². The average Bonchev–Trinajstić information content (AvgIpc) is 1.83. The molecule has 64 valence electrons. The van der Waals surface area contributed by atoms with Crippen molar-refractivity contribution in [2.24, 2.45) is 0 Å². The number of rotatable bonds is 4. The largest absolute Gasteiger partial charge is 0.470 e. The van der Waals surface area contributed by atoms with Crippen molar-refractivity contribution in [3.05, 3.63) is 6.92 Å². The number of esters is 1. The molecule has 0 spiro atoms. The molecule has 0 aromatic carbocycles. The molecular formula is C4H8O6P+. The van der Waals surface area contributed by atoms with E-state index in [1.165, 1.54) is 0 Å². The Hall–Kier alpha value is -0.550. The molecule has 0 aromatic heterocycles. The summed E-state index contributed by atoms with van der Waals surface area (Å²) >= 11 is 0. The highest BCUT2D eigenvalue weighted by Crippen LogP contribution is 2.35. The van der Waals surface area contributed by atoms with Crippen molar-refractivity contribution in [1.82, 2.24) is 0 Å². The van der Waals surface area contributed by atoms with Gasteiger partial charge in [0.15, 0.2) is 6.61 Å². The number of phosphoric acid groups is 1. The zero-order valence-corrected chi connectivity index (χ0v) is 6.49. The van der Waals surface area contributed by atoms with Crippen LogP contribution < -0.4 is 0 Å². The van der Waals surface area contributed by atoms with Gasteiger partial charge in [-0.15, -0.1) is 0 Å². The lowest BCUT2D eigenvalue weighted by atomic mass is 10.7. The molecule has 0 aliphatic rings. The predicted octanol–water partition coefficient (Wildman–Crippen LogP) is -0.527. The highest BCUT2D eigenvalue weighted by atomic mass is 31.2. The Bertz CT molecular complexity index is 171. The van der Waals surface area contributed by atoms with Crippen molar-refractivity contribution in [3.63, 3.8) is 0 Å². The van der Waals surface area contributed by atoms with Gasteiger partial charge in [0.25, 0.3) is 0 Å². The first-order chi connectivity index (χ1) is 4.95. The Labute approximate surface area is 63.4 Å². The molecule has 0 atom stereocenters. The van der Waals surface area contributed by atoms with Gasteiger partial charge in [0.2, 0.25) is 6.61 Å². The van der Waals surface area contributed by atoms with Crippen LogP contribution in [0.4, 0.5) is 0 Å². The summed E-state index contributed by atoms with van der Waals surface area (Å²) in [7, 11) is -4.56. The van der Waals surface area contributed by atoms with E-state index in [1.807, 2.05) is 0 Å². The fourth-order valence-electron chi connectivity index (χ4n) is 0.292. The first-order valence-electron chi connectivity index (χ1n) is 2.60. The van der Waals surface area contributed by atoms with E-state index < -0.39 is 20.4 Å². The fraction of sp³-hybridized carbons (Fsp3) is 0.500. The third-order valence-corrected chi connectivity index (χ3v) is 1.08. The second-order valence-corrected chi connectivity index (χ2v) is 2.72. The lowest BCUT2D eigenvalue weighted by molar-refractivity contribution is -0.145. The lowest BCUT2D eigenvalue weighted by Gasteiger charge is -2.02. The molecule has 0 aliphatic heterocycles. The van der Waals surface area contributed by atoms with Gasteiger partial charge in [-0.05, 0) is 0 Å². The van der Waals surface area contributed by atoms with Crippen molar-refractivity contribution < 1.29 is 28.4 Å². The maximum Gasteiger partial charge on any atom is 0.470 e. The highest BCUT2D eigenvalue weighted by Gasteiger charge is 2.16. The number of carbonyl (C=O) groups is 1. The van der Waals surface area contributed by atoms with Crippen molar-refractivity contribution in [1.29, 1.82) is 0 Å². The molecule has 0 saturated carbocycles. The van der Waals surface area contributed by atoms with Gasteiger partial charge < -0.3 is 14.5 Å². The summed E-state index contributed by atoms with van der Waals surface area (Å²) in [5.41, 5.74) is 0. The van der Waals surface area contributed by atoms with Crippen molar-refractivity contribution in [3.8, 4) is 0 Å². The van der Waals surface area contributed by atoms with E-state index in [4.69, 9.17) is 9.79 Å². The van der Waals surface area contributed by atoms with Crippen LogP contribution in [0.15, 0.2) is 0 Å². The van der Waals surface area contributed by atoms with Crippen LogP contribution in [0.3, 0.4) is 0 Å². The molecule has 11 heavy (non-hydrogen) atoms. The van der Waals surface area contributed by atoms with Crippen LogP contribution in [0.25, 0.3) is 0 Å². The fourth-order valence-corrected chi connectivity index (χ4v) is 0.566. The SMILES string of the molecule is [CH2+]COC(=O)COP(=O)(O)O. The van der Waals surface area contributed by atoms with Gasteiger partial charge in [0.05, 0.1) is 0 Å². The zero-order chi connectivity index (χ0) is 8.91. The Morgan fingerprint density at radius 2 is 2.09 bits per heavy atom. The first kappa shape index (κ1) is 10.4. The van der Waals surface area contributed by atoms with Crippen molar-refractivity contribution in [2.75, 3.05) is 13.2 Å². The van der Waals surface area contributed by atoms with Gasteiger partial charge in [-0.1, -0.05) is 0 Å². The molecule has 0 radical (unpaired) electrons. The summed E-state index contributed by atoms with van der Waals surface area (Å²) in [6.45, 7) is 2.32. The minimum absolute atomic E-state index is 0.0939. The average molecular weight is 183 g/mol. The zero-order valence-electron chi connectivity index (χ0n) is 5.60. The van der Waals surface area contributed by atoms with Crippen LogP contribution >= 0.6 is 7.82 Å². The molecule has 0 bridgehead atoms. The van der Waals surface area contributed by atoms with E-state index in [0.717, 1.165) is 0 Å². The van der Waals surface area contributed by atoms with Gasteiger partial charge in [-0.25, -0.2) is 9.36 Å². The second kappa shape index (κ2) is 4.35. The second-order valence-electron chi connectivity index (χ2n) is 1.48. The Morgan fingerprint density at radius 1 is 1.55 bits per heavy atom.